The summed E-state index contributed by atoms with van der Waals surface area (Å²) in [6, 6.07) is 9.76. The van der Waals surface area contributed by atoms with E-state index in [1.807, 2.05) is 74.6 Å². The zero-order chi connectivity index (χ0) is 17.4. The molecule has 0 aromatic heterocycles. The van der Waals surface area contributed by atoms with E-state index in [0.717, 1.165) is 24.2 Å². The first-order valence-corrected chi connectivity index (χ1v) is 8.06. The second-order valence-corrected chi connectivity index (χ2v) is 5.60. The van der Waals surface area contributed by atoms with E-state index in [-0.39, 0.29) is 57.4 Å². The van der Waals surface area contributed by atoms with Gasteiger partial charge in [-0.15, -0.1) is 0 Å². The molecular formula is C21H23KN3-. The Bertz CT molecular complexity index is 699. The largest absolute Gasteiger partial charge is 1.00 e. The van der Waals surface area contributed by atoms with Crippen molar-refractivity contribution in [3.8, 4) is 0 Å². The van der Waals surface area contributed by atoms with Crippen molar-refractivity contribution in [3.63, 3.8) is 0 Å². The van der Waals surface area contributed by atoms with Crippen LogP contribution < -0.4 is 56.3 Å². The van der Waals surface area contributed by atoms with Crippen LogP contribution in [0.25, 0.3) is 0 Å². The zero-order valence-corrected chi connectivity index (χ0v) is 18.4. The second-order valence-electron chi connectivity index (χ2n) is 5.60. The summed E-state index contributed by atoms with van der Waals surface area (Å²) in [5, 5.41) is 8.56. The van der Waals surface area contributed by atoms with E-state index in [1.165, 1.54) is 0 Å². The summed E-state index contributed by atoms with van der Waals surface area (Å²) in [7, 11) is 0. The standard InChI is InChI=1S/C21H23N3.K/c1-4-5-7-11-17(2)16-19(22)21-20(23-3)14-10-15-24(21)18-12-8-6-9-13-18;/h3-9,11-13,16,21-22H,10,15H2,1-2H3;/q-2;+1/b5-4-,11-7-,17-16+,22-19?;. The Labute approximate surface area is 193 Å². The quantitative estimate of drug-likeness (QED) is 0.358. The molecule has 1 unspecified atom stereocenters. The molecule has 1 atom stereocenters. The van der Waals surface area contributed by atoms with E-state index < -0.39 is 0 Å². The number of hydrogen-bond donors (Lipinski definition) is 1. The van der Waals surface area contributed by atoms with Crippen LogP contribution in [0.3, 0.4) is 0 Å². The average molecular weight is 357 g/mol. The third-order valence-corrected chi connectivity index (χ3v) is 3.80. The predicted octanol–water partition coefficient (Wildman–Crippen LogP) is 1.63. The fourth-order valence-corrected chi connectivity index (χ4v) is 2.70. The van der Waals surface area contributed by atoms with Gasteiger partial charge in [-0.2, -0.15) is 13.1 Å². The van der Waals surface area contributed by atoms with Gasteiger partial charge in [0.25, 0.3) is 0 Å². The summed E-state index contributed by atoms with van der Waals surface area (Å²) in [4.78, 5) is 6.03. The summed E-state index contributed by atoms with van der Waals surface area (Å²) in [6.07, 6.45) is 13.7. The Hall–Kier alpha value is -1.04. The first-order chi connectivity index (χ1) is 11.7. The molecule has 1 aliphatic heterocycles. The number of allylic oxidation sites excluding steroid dienone is 5. The van der Waals surface area contributed by atoms with Gasteiger partial charge in [0.15, 0.2) is 0 Å². The third kappa shape index (κ3) is 6.31. The number of anilines is 1. The van der Waals surface area contributed by atoms with Crippen molar-refractivity contribution < 1.29 is 51.4 Å². The van der Waals surface area contributed by atoms with Gasteiger partial charge >= 0.3 is 51.4 Å². The van der Waals surface area contributed by atoms with E-state index in [2.05, 4.69) is 16.0 Å². The van der Waals surface area contributed by atoms with Crippen molar-refractivity contribution in [3.05, 3.63) is 78.1 Å². The molecule has 0 saturated heterocycles. The molecule has 1 aromatic rings. The summed E-state index contributed by atoms with van der Waals surface area (Å²) < 4.78 is 0. The maximum Gasteiger partial charge on any atom is 1.00 e. The molecule has 1 N–H and O–H groups in total. The van der Waals surface area contributed by atoms with Gasteiger partial charge in [0.05, 0.1) is 0 Å². The van der Waals surface area contributed by atoms with E-state index in [9.17, 15) is 0 Å². The number of nitrogens with one attached hydrogen (secondary N) is 1. The van der Waals surface area contributed by atoms with E-state index in [4.69, 9.17) is 12.1 Å². The van der Waals surface area contributed by atoms with Gasteiger partial charge in [-0.05, 0) is 44.2 Å². The number of rotatable bonds is 6. The van der Waals surface area contributed by atoms with Crippen LogP contribution in [-0.4, -0.2) is 25.0 Å². The maximum absolute atomic E-state index is 8.56. The van der Waals surface area contributed by atoms with Crippen LogP contribution in [-0.2, 0) is 0 Å². The molecular weight excluding hydrogens is 333 g/mol. The summed E-state index contributed by atoms with van der Waals surface area (Å²) in [5.74, 6) is 0. The molecule has 1 heterocycles. The van der Waals surface area contributed by atoms with Crippen molar-refractivity contribution in [1.82, 2.24) is 0 Å². The molecule has 1 aliphatic rings. The van der Waals surface area contributed by atoms with Gasteiger partial charge in [0, 0.05) is 17.4 Å². The molecule has 0 aliphatic carbocycles. The number of para-hydroxylation sites is 1. The van der Waals surface area contributed by atoms with E-state index in [0.29, 0.717) is 11.4 Å². The van der Waals surface area contributed by atoms with Gasteiger partial charge in [-0.3, -0.25) is 5.70 Å². The molecule has 4 heteroatoms. The van der Waals surface area contributed by atoms with Gasteiger partial charge in [-0.1, -0.05) is 42.5 Å². The fraction of sp³-hybridized carbons (Fsp3) is 0.238. The van der Waals surface area contributed by atoms with Crippen LogP contribution in [0.4, 0.5) is 5.69 Å². The Kier molecular flexibility index (Phi) is 10.2. The molecule has 0 amide bonds. The summed E-state index contributed by atoms with van der Waals surface area (Å²) in [5.41, 5.74) is 3.15. The van der Waals surface area contributed by atoms with Gasteiger partial charge in [-0.25, -0.2) is 0 Å². The van der Waals surface area contributed by atoms with Crippen LogP contribution in [0.1, 0.15) is 20.3 Å². The topological polar surface area (TPSA) is 39.5 Å². The first kappa shape index (κ1) is 22.0. The maximum atomic E-state index is 8.56. The molecule has 0 saturated carbocycles. The van der Waals surface area contributed by atoms with Crippen molar-refractivity contribution in [2.75, 3.05) is 11.4 Å². The number of hydrogen-bond acceptors (Lipinski definition) is 3. The zero-order valence-electron chi connectivity index (χ0n) is 15.2. The summed E-state index contributed by atoms with van der Waals surface area (Å²) >= 11 is 0. The minimum Gasteiger partial charge on any atom is -0.576 e. The van der Waals surface area contributed by atoms with Crippen LogP contribution in [0.15, 0.2) is 77.0 Å². The molecule has 3 nitrogen and oxygen atoms in total. The van der Waals surface area contributed by atoms with Crippen LogP contribution >= 0.6 is 0 Å². The van der Waals surface area contributed by atoms with Crippen molar-refractivity contribution >= 4 is 18.1 Å². The molecule has 124 valence electrons. The fourth-order valence-electron chi connectivity index (χ4n) is 2.70. The minimum absolute atomic E-state index is 0. The third-order valence-electron chi connectivity index (χ3n) is 3.80. The van der Waals surface area contributed by atoms with E-state index >= 15 is 0 Å². The van der Waals surface area contributed by atoms with E-state index in [1.54, 1.807) is 0 Å². The molecule has 2 rings (SSSR count). The van der Waals surface area contributed by atoms with Crippen LogP contribution in [0.2, 0.25) is 0 Å². The van der Waals surface area contributed by atoms with Gasteiger partial charge in [0.1, 0.15) is 0 Å². The van der Waals surface area contributed by atoms with Gasteiger partial charge < -0.3 is 21.4 Å². The number of aliphatic imine (C=N–C) groups is 1. The van der Waals surface area contributed by atoms with Gasteiger partial charge in [0.2, 0.25) is 0 Å². The second kappa shape index (κ2) is 11.5. The Morgan fingerprint density at radius 2 is 2.04 bits per heavy atom. The molecule has 0 bridgehead atoms. The van der Waals surface area contributed by atoms with Crippen LogP contribution in [0, 0.1) is 11.5 Å². The Balaban J connectivity index is 0.00000312. The molecule has 0 fully saturated rings. The molecule has 0 spiro atoms. The Morgan fingerprint density at radius 1 is 1.32 bits per heavy atom. The minimum atomic E-state index is -0.309. The summed E-state index contributed by atoms with van der Waals surface area (Å²) in [6.45, 7) is 10.3. The Morgan fingerprint density at radius 3 is 2.68 bits per heavy atom. The normalized spacial score (nSPS) is 18.2. The van der Waals surface area contributed by atoms with Crippen molar-refractivity contribution in [1.29, 1.82) is 5.41 Å². The number of nitrogens with zero attached hydrogens (tertiary/aromatic N) is 2. The monoisotopic (exact) mass is 356 g/mol. The van der Waals surface area contributed by atoms with Crippen LogP contribution in [0.5, 0.6) is 0 Å². The first-order valence-electron chi connectivity index (χ1n) is 8.06. The SMILES string of the molecule is [CH-]=NC1=[C-]CCN(c2ccccc2)C1C(=N)/C=C(C)/C=C\C=C/C.[K+]. The molecule has 0 radical (unpaired) electrons. The van der Waals surface area contributed by atoms with Crippen molar-refractivity contribution in [2.45, 2.75) is 26.3 Å². The molecule has 1 aromatic carbocycles. The average Bonchev–Trinajstić information content (AvgIpc) is 2.61. The predicted molar refractivity (Wildman–Crippen MR) is 103 cm³/mol. The number of benzene rings is 1. The smallest absolute Gasteiger partial charge is 0.576 e. The molecule has 25 heavy (non-hydrogen) atoms. The van der Waals surface area contributed by atoms with Crippen molar-refractivity contribution in [2.24, 2.45) is 4.99 Å².